The Morgan fingerprint density at radius 1 is 0.200 bits per heavy atom. The third-order valence-corrected chi connectivity index (χ3v) is 0. The molecule has 40 heteroatoms. The Morgan fingerprint density at radius 2 is 0.200 bits per heavy atom. The Balaban J connectivity index is -0.0000000184. The zero-order valence-corrected chi connectivity index (χ0v) is 33.9. The minimum atomic E-state index is -3.63. The zero-order chi connectivity index (χ0) is 32.2. The second kappa shape index (κ2) is 77.1. The summed E-state index contributed by atoms with van der Waals surface area (Å²) < 4.78 is 76.7. The number of rotatable bonds is 0. The summed E-state index contributed by atoms with van der Waals surface area (Å²) in [5.74, 6) is 0. The van der Waals surface area contributed by atoms with E-state index in [1.807, 2.05) is 0 Å². The van der Waals surface area contributed by atoms with Gasteiger partial charge in [-0.15, -0.1) is 0 Å². The minimum Gasteiger partial charge on any atom is -0.672 e. The maximum absolute atomic E-state index is 8.52. The van der Waals surface area contributed by atoms with Gasteiger partial charge in [0.2, 0.25) is 0 Å². The molecule has 0 rings (SSSR count). The topological polar surface area (TPSA) is 569 Å². The fraction of sp³-hybridized carbons (Fsp3) is 0. The average molecular weight is 966 g/mol. The smallest absolute Gasteiger partial charge is 0.672 e. The summed E-state index contributed by atoms with van der Waals surface area (Å²) in [6.07, 6.45) is 0. The molecular weight excluding hydrogens is 966 g/mol. The van der Waals surface area contributed by atoms with E-state index in [0.717, 1.165) is 0 Å². The van der Waals surface area contributed by atoms with E-state index in [2.05, 4.69) is 0 Å². The molecule has 0 heterocycles. The first-order valence-corrected chi connectivity index (χ1v) is 16.5. The maximum Gasteiger partial charge on any atom is 5.00 e. The molecule has 0 aliphatic carbocycles. The molecule has 0 aliphatic heterocycles. The van der Waals surface area contributed by atoms with Crippen LogP contribution in [0.25, 0.3) is 0 Å². The Morgan fingerprint density at radius 3 is 0.200 bits per heavy atom. The van der Waals surface area contributed by atoms with E-state index >= 15 is 0 Å². The molecule has 0 spiro atoms. The summed E-state index contributed by atoms with van der Waals surface area (Å²) in [4.78, 5) is 153. The normalized spacial score (nSPS) is 5.40. The minimum absolute atomic E-state index is 0. The molecule has 0 bridgehead atoms. The van der Waals surface area contributed by atoms with Crippen LogP contribution < -0.4 is 86.3 Å². The molecule has 0 N–H and O–H groups in total. The SMILES string of the molecule is O=[Si]([O-])[O-].O=[Si]([O-])[O-].O=[Si]([O-])[O-].O=[Si]([O-])[O-].O=[Si]([O-])[O-].O=[Si]([O-])[O-].O=[Si]([O-])[O-].O=[Si]([O-])[O-].O=[Si]([O-])[O-].[Nb+5].[Nb+5].[Ti+4].[Ti+4]. The van der Waals surface area contributed by atoms with Crippen molar-refractivity contribution in [2.24, 2.45) is 0 Å². The maximum atomic E-state index is 8.52. The molecule has 216 valence electrons. The average Bonchev–Trinajstić information content (AvgIpc) is 2.39. The van der Waals surface area contributed by atoms with Crippen LogP contribution >= 0.6 is 0 Å². The van der Waals surface area contributed by atoms with E-state index in [4.69, 9.17) is 126 Å². The Hall–Kier alpha value is -0.539. The van der Waals surface area contributed by atoms with Crippen molar-refractivity contribution in [1.29, 1.82) is 0 Å². The molecule has 0 aromatic heterocycles. The van der Waals surface area contributed by atoms with Crippen LogP contribution in [0.3, 0.4) is 0 Å². The van der Waals surface area contributed by atoms with E-state index in [1.165, 1.54) is 0 Å². The van der Waals surface area contributed by atoms with Crippen LogP contribution in [0.15, 0.2) is 0 Å². The molecule has 0 unspecified atom stereocenters. The van der Waals surface area contributed by atoms with Gasteiger partial charge in [-0.2, -0.15) is 0 Å². The van der Waals surface area contributed by atoms with Gasteiger partial charge in [-0.05, 0) is 0 Å². The van der Waals surface area contributed by atoms with Crippen molar-refractivity contribution in [1.82, 2.24) is 0 Å². The largest absolute Gasteiger partial charge is 5.00 e. The molecule has 27 nitrogen and oxygen atoms in total. The van der Waals surface area contributed by atoms with E-state index in [0.29, 0.717) is 0 Å². The van der Waals surface area contributed by atoms with E-state index in [9.17, 15) is 0 Å². The van der Waals surface area contributed by atoms with Crippen molar-refractivity contribution in [2.75, 3.05) is 0 Å². The Bertz CT molecular complexity index is 430. The predicted octanol–water partition coefficient (Wildman–Crippen LogP) is -25.9. The molecule has 0 aromatic carbocycles. The molecule has 0 fully saturated rings. The first kappa shape index (κ1) is 83.4. The summed E-state index contributed by atoms with van der Waals surface area (Å²) in [6.45, 7) is 0. The van der Waals surface area contributed by atoms with Gasteiger partial charge in [0, 0.05) is 82.5 Å². The summed E-state index contributed by atoms with van der Waals surface area (Å²) >= 11 is 0. The molecule has 0 saturated heterocycles. The third-order valence-electron chi connectivity index (χ3n) is 0. The van der Waals surface area contributed by atoms with Gasteiger partial charge in [0.25, 0.3) is 0 Å². The van der Waals surface area contributed by atoms with Gasteiger partial charge in [0.15, 0.2) is 0 Å². The number of hydrogen-bond acceptors (Lipinski definition) is 27. The molecule has 0 saturated carbocycles. The van der Waals surface area contributed by atoms with Gasteiger partial charge in [0.1, 0.15) is 0 Å². The quantitative estimate of drug-likeness (QED) is 0.203. The van der Waals surface area contributed by atoms with E-state index < -0.39 is 82.5 Å². The summed E-state index contributed by atoms with van der Waals surface area (Å²) in [5.41, 5.74) is 0. The fourth-order valence-corrected chi connectivity index (χ4v) is 0. The van der Waals surface area contributed by atoms with E-state index in [-0.39, 0.29) is 88.2 Å². The van der Waals surface area contributed by atoms with Crippen molar-refractivity contribution < 1.29 is 215 Å². The molecule has 0 atom stereocenters. The molecule has 0 aromatic rings. The van der Waals surface area contributed by atoms with Gasteiger partial charge in [0.05, 0.1) is 0 Å². The molecule has 40 heavy (non-hydrogen) atoms. The van der Waals surface area contributed by atoms with Crippen LogP contribution in [0.1, 0.15) is 0 Å². The van der Waals surface area contributed by atoms with Crippen molar-refractivity contribution in [3.05, 3.63) is 0 Å². The van der Waals surface area contributed by atoms with Crippen molar-refractivity contribution in [3.8, 4) is 0 Å². The zero-order valence-electron chi connectivity index (χ0n) is 17.4. The van der Waals surface area contributed by atoms with Gasteiger partial charge >= 0.3 is 88.2 Å². The van der Waals surface area contributed by atoms with Gasteiger partial charge in [-0.1, -0.05) is 0 Å². The molecule has 0 radical (unpaired) electrons. The second-order valence-corrected chi connectivity index (χ2v) is 6.75. The van der Waals surface area contributed by atoms with Crippen molar-refractivity contribution >= 4 is 82.5 Å². The van der Waals surface area contributed by atoms with Gasteiger partial charge < -0.3 is 126 Å². The van der Waals surface area contributed by atoms with Crippen LogP contribution in [-0.4, -0.2) is 82.5 Å². The van der Waals surface area contributed by atoms with Crippen LogP contribution in [0.2, 0.25) is 0 Å². The van der Waals surface area contributed by atoms with E-state index in [1.54, 1.807) is 0 Å². The summed E-state index contributed by atoms with van der Waals surface area (Å²) in [5, 5.41) is 0. The van der Waals surface area contributed by atoms with Crippen LogP contribution in [0, 0.1) is 0 Å². The third kappa shape index (κ3) is 171000. The first-order chi connectivity index (χ1) is 15.6. The monoisotopic (exact) mass is 965 g/mol. The molecular formula is Nb2O27Si9Ti2. The molecule has 0 amide bonds. The van der Waals surface area contributed by atoms with Crippen LogP contribution in [0.4, 0.5) is 0 Å². The summed E-state index contributed by atoms with van der Waals surface area (Å²) in [7, 11) is -32.7. The Kier molecular flexibility index (Phi) is 161. The first-order valence-electron chi connectivity index (χ1n) is 5.51. The van der Waals surface area contributed by atoms with Crippen molar-refractivity contribution in [2.45, 2.75) is 0 Å². The number of hydrogen-bond donors (Lipinski definition) is 0. The molecule has 0 aliphatic rings. The van der Waals surface area contributed by atoms with Crippen LogP contribution in [-0.2, 0) is 128 Å². The standard InChI is InChI=1S/2Nb.9O3Si.2Ti/c;;9*1-4(2)3;;/q2*+5;9*-2;2*+4. The van der Waals surface area contributed by atoms with Gasteiger partial charge in [-0.25, -0.2) is 0 Å². The predicted molar refractivity (Wildman–Crippen MR) is 58.0 cm³/mol. The van der Waals surface area contributed by atoms with Gasteiger partial charge in [-0.3, -0.25) is 0 Å². The van der Waals surface area contributed by atoms with Crippen molar-refractivity contribution in [3.63, 3.8) is 0 Å². The van der Waals surface area contributed by atoms with Crippen LogP contribution in [0.5, 0.6) is 0 Å². The second-order valence-electron chi connectivity index (χ2n) is 2.25. The Labute approximate surface area is 294 Å². The summed E-state index contributed by atoms with van der Waals surface area (Å²) in [6, 6.07) is 0. The fourth-order valence-electron chi connectivity index (χ4n) is 0.